The Bertz CT molecular complexity index is 520. The van der Waals surface area contributed by atoms with E-state index in [4.69, 9.17) is 10.5 Å². The van der Waals surface area contributed by atoms with E-state index in [0.29, 0.717) is 18.2 Å². The first-order valence-electron chi connectivity index (χ1n) is 5.78. The number of rotatable bonds is 4. The van der Waals surface area contributed by atoms with E-state index in [-0.39, 0.29) is 11.9 Å². The standard InChI is InChI=1S/C13H16FN3O/c1-9(2)17-7-12(15)16-13(17)8-18-11-5-3-10(14)4-6-11/h3-7,9H,8,15H2,1-2H3. The summed E-state index contributed by atoms with van der Waals surface area (Å²) < 4.78 is 20.2. The average Bonchev–Trinajstić information content (AvgIpc) is 2.70. The largest absolute Gasteiger partial charge is 0.486 e. The normalized spacial score (nSPS) is 10.9. The molecule has 5 heteroatoms. The van der Waals surface area contributed by atoms with Crippen molar-refractivity contribution in [1.82, 2.24) is 9.55 Å². The third-order valence-corrected chi connectivity index (χ3v) is 2.57. The van der Waals surface area contributed by atoms with Crippen molar-refractivity contribution in [2.75, 3.05) is 5.73 Å². The van der Waals surface area contributed by atoms with Gasteiger partial charge in [0.15, 0.2) is 0 Å². The van der Waals surface area contributed by atoms with Gasteiger partial charge in [-0.05, 0) is 38.1 Å². The molecule has 0 aliphatic heterocycles. The molecule has 18 heavy (non-hydrogen) atoms. The number of nitrogens with zero attached hydrogens (tertiary/aromatic N) is 2. The second-order valence-electron chi connectivity index (χ2n) is 4.33. The van der Waals surface area contributed by atoms with Crippen molar-refractivity contribution in [3.63, 3.8) is 0 Å². The summed E-state index contributed by atoms with van der Waals surface area (Å²) in [5.74, 6) is 1.55. The van der Waals surface area contributed by atoms with Crippen LogP contribution in [0.5, 0.6) is 5.75 Å². The highest BCUT2D eigenvalue weighted by atomic mass is 19.1. The van der Waals surface area contributed by atoms with Crippen molar-refractivity contribution >= 4 is 5.82 Å². The third kappa shape index (κ3) is 2.80. The van der Waals surface area contributed by atoms with Crippen LogP contribution in [0.1, 0.15) is 25.7 Å². The van der Waals surface area contributed by atoms with Crippen LogP contribution in [-0.4, -0.2) is 9.55 Å². The Kier molecular flexibility index (Phi) is 3.50. The fraction of sp³-hybridized carbons (Fsp3) is 0.308. The lowest BCUT2D eigenvalue weighted by atomic mass is 10.3. The molecule has 0 radical (unpaired) electrons. The van der Waals surface area contributed by atoms with E-state index in [9.17, 15) is 4.39 Å². The van der Waals surface area contributed by atoms with Crippen LogP contribution in [0.25, 0.3) is 0 Å². The first-order chi connectivity index (χ1) is 8.56. The Hall–Kier alpha value is -2.04. The van der Waals surface area contributed by atoms with E-state index in [2.05, 4.69) is 4.98 Å². The van der Waals surface area contributed by atoms with Crippen LogP contribution in [0.4, 0.5) is 10.2 Å². The Balaban J connectivity index is 2.08. The number of anilines is 1. The summed E-state index contributed by atoms with van der Waals surface area (Å²) in [5.41, 5.74) is 5.67. The summed E-state index contributed by atoms with van der Waals surface area (Å²) in [6.07, 6.45) is 1.79. The minimum absolute atomic E-state index is 0.265. The fourth-order valence-electron chi connectivity index (χ4n) is 1.69. The summed E-state index contributed by atoms with van der Waals surface area (Å²) in [6, 6.07) is 6.15. The maximum absolute atomic E-state index is 12.7. The smallest absolute Gasteiger partial charge is 0.149 e. The molecule has 0 aliphatic carbocycles. The number of ether oxygens (including phenoxy) is 1. The van der Waals surface area contributed by atoms with Crippen LogP contribution in [0.3, 0.4) is 0 Å². The van der Waals surface area contributed by atoms with Crippen molar-refractivity contribution in [1.29, 1.82) is 0 Å². The van der Waals surface area contributed by atoms with E-state index in [1.807, 2.05) is 18.4 Å². The third-order valence-electron chi connectivity index (χ3n) is 2.57. The van der Waals surface area contributed by atoms with Crippen molar-refractivity contribution in [3.8, 4) is 5.75 Å². The Labute approximate surface area is 105 Å². The molecule has 1 heterocycles. The van der Waals surface area contributed by atoms with Crippen LogP contribution >= 0.6 is 0 Å². The van der Waals surface area contributed by atoms with E-state index in [1.165, 1.54) is 12.1 Å². The second-order valence-corrected chi connectivity index (χ2v) is 4.33. The van der Waals surface area contributed by atoms with Crippen LogP contribution < -0.4 is 10.5 Å². The van der Waals surface area contributed by atoms with E-state index >= 15 is 0 Å². The van der Waals surface area contributed by atoms with Gasteiger partial charge in [0.25, 0.3) is 0 Å². The highest BCUT2D eigenvalue weighted by molar-refractivity contribution is 5.27. The SMILES string of the molecule is CC(C)n1cc(N)nc1COc1ccc(F)cc1. The van der Waals surface area contributed by atoms with Gasteiger partial charge < -0.3 is 15.0 Å². The molecule has 1 aromatic heterocycles. The maximum Gasteiger partial charge on any atom is 0.149 e. The minimum atomic E-state index is -0.282. The minimum Gasteiger partial charge on any atom is -0.486 e. The Morgan fingerprint density at radius 2 is 2.00 bits per heavy atom. The predicted molar refractivity (Wildman–Crippen MR) is 67.8 cm³/mol. The number of imidazole rings is 1. The number of benzene rings is 1. The van der Waals surface area contributed by atoms with Gasteiger partial charge in [-0.2, -0.15) is 0 Å². The molecule has 96 valence electrons. The molecular weight excluding hydrogens is 233 g/mol. The highest BCUT2D eigenvalue weighted by Crippen LogP contribution is 2.16. The molecule has 2 aromatic rings. The summed E-state index contributed by atoms with van der Waals surface area (Å²) >= 11 is 0. The second kappa shape index (κ2) is 5.08. The molecule has 2 rings (SSSR count). The molecule has 0 atom stereocenters. The number of hydrogen-bond acceptors (Lipinski definition) is 3. The molecule has 0 spiro atoms. The van der Waals surface area contributed by atoms with E-state index in [1.54, 1.807) is 18.3 Å². The molecule has 0 unspecified atom stereocenters. The Morgan fingerprint density at radius 1 is 1.33 bits per heavy atom. The monoisotopic (exact) mass is 249 g/mol. The van der Waals surface area contributed by atoms with Crippen LogP contribution in [-0.2, 0) is 6.61 Å². The number of nitrogens with two attached hydrogens (primary N) is 1. The lowest BCUT2D eigenvalue weighted by Crippen LogP contribution is -2.08. The molecule has 4 nitrogen and oxygen atoms in total. The maximum atomic E-state index is 12.7. The zero-order valence-corrected chi connectivity index (χ0v) is 10.4. The van der Waals surface area contributed by atoms with Crippen molar-refractivity contribution in [2.24, 2.45) is 0 Å². The van der Waals surface area contributed by atoms with Gasteiger partial charge in [-0.3, -0.25) is 0 Å². The van der Waals surface area contributed by atoms with Crippen LogP contribution in [0.2, 0.25) is 0 Å². The number of nitrogen functional groups attached to an aromatic ring is 1. The van der Waals surface area contributed by atoms with Crippen LogP contribution in [0.15, 0.2) is 30.5 Å². The van der Waals surface area contributed by atoms with Gasteiger partial charge >= 0.3 is 0 Å². The molecular formula is C13H16FN3O. The van der Waals surface area contributed by atoms with Crippen molar-refractivity contribution < 1.29 is 9.13 Å². The number of aromatic nitrogens is 2. The molecule has 0 aliphatic rings. The zero-order valence-electron chi connectivity index (χ0n) is 10.4. The Morgan fingerprint density at radius 3 is 2.61 bits per heavy atom. The molecule has 0 saturated carbocycles. The number of hydrogen-bond donors (Lipinski definition) is 1. The van der Waals surface area contributed by atoms with E-state index < -0.39 is 0 Å². The lowest BCUT2D eigenvalue weighted by Gasteiger charge is -2.11. The lowest BCUT2D eigenvalue weighted by molar-refractivity contribution is 0.286. The van der Waals surface area contributed by atoms with Gasteiger partial charge in [-0.1, -0.05) is 0 Å². The summed E-state index contributed by atoms with van der Waals surface area (Å²) in [4.78, 5) is 4.21. The summed E-state index contributed by atoms with van der Waals surface area (Å²) in [7, 11) is 0. The topological polar surface area (TPSA) is 53.1 Å². The molecule has 0 amide bonds. The molecule has 0 bridgehead atoms. The van der Waals surface area contributed by atoms with Crippen LogP contribution in [0, 0.1) is 5.82 Å². The fourth-order valence-corrected chi connectivity index (χ4v) is 1.69. The van der Waals surface area contributed by atoms with Gasteiger partial charge in [0.05, 0.1) is 0 Å². The quantitative estimate of drug-likeness (QED) is 0.906. The molecule has 2 N–H and O–H groups in total. The number of halogens is 1. The zero-order chi connectivity index (χ0) is 13.1. The average molecular weight is 249 g/mol. The summed E-state index contributed by atoms with van der Waals surface area (Å²) in [5, 5.41) is 0. The molecule has 1 aromatic carbocycles. The van der Waals surface area contributed by atoms with Crippen molar-refractivity contribution in [3.05, 3.63) is 42.1 Å². The highest BCUT2D eigenvalue weighted by Gasteiger charge is 2.09. The van der Waals surface area contributed by atoms with Gasteiger partial charge in [-0.25, -0.2) is 9.37 Å². The predicted octanol–water partition coefficient (Wildman–Crippen LogP) is 2.76. The van der Waals surface area contributed by atoms with Gasteiger partial charge in [0, 0.05) is 12.2 Å². The van der Waals surface area contributed by atoms with E-state index in [0.717, 1.165) is 5.82 Å². The van der Waals surface area contributed by atoms with Gasteiger partial charge in [0.2, 0.25) is 0 Å². The van der Waals surface area contributed by atoms with Gasteiger partial charge in [-0.15, -0.1) is 0 Å². The first kappa shape index (κ1) is 12.4. The first-order valence-corrected chi connectivity index (χ1v) is 5.78. The molecule has 0 fully saturated rings. The summed E-state index contributed by atoms with van der Waals surface area (Å²) in [6.45, 7) is 4.39. The molecule has 0 saturated heterocycles. The van der Waals surface area contributed by atoms with Gasteiger partial charge in [0.1, 0.15) is 29.8 Å². The van der Waals surface area contributed by atoms with Crippen molar-refractivity contribution in [2.45, 2.75) is 26.5 Å².